The molecule has 6 rings (SSSR count). The molecule has 2 unspecified atom stereocenters. The Morgan fingerprint density at radius 2 is 0.921 bits per heavy atom. The van der Waals surface area contributed by atoms with E-state index in [-0.39, 0.29) is 0 Å². The van der Waals surface area contributed by atoms with Crippen LogP contribution < -0.4 is 0 Å². The Balaban J connectivity index is 1.53. The average Bonchev–Trinajstić information content (AvgIpc) is 3.55. The quantitative estimate of drug-likeness (QED) is 0.189. The van der Waals surface area contributed by atoms with Crippen LogP contribution in [0.5, 0.6) is 0 Å². The van der Waals surface area contributed by atoms with Crippen molar-refractivity contribution in [2.45, 2.75) is 43.7 Å². The molecule has 0 aromatic heterocycles. The van der Waals surface area contributed by atoms with Crippen LogP contribution in [0.25, 0.3) is 34.4 Å². The molecular formula is C36H38HfSi. The van der Waals surface area contributed by atoms with Gasteiger partial charge in [-0.05, 0) is 0 Å². The molecule has 0 aliphatic heterocycles. The fourth-order valence-corrected chi connectivity index (χ4v) is 41.1. The van der Waals surface area contributed by atoms with Gasteiger partial charge in [0, 0.05) is 0 Å². The number of rotatable bonds is 4. The van der Waals surface area contributed by atoms with Crippen LogP contribution in [0.15, 0.2) is 97.1 Å². The normalized spacial score (nSPS) is 18.0. The molecule has 190 valence electrons. The van der Waals surface area contributed by atoms with Crippen LogP contribution in [0.1, 0.15) is 40.7 Å². The first-order chi connectivity index (χ1) is 18.2. The molecular weight excluding hydrogens is 639 g/mol. The number of hydrogen-bond acceptors (Lipinski definition) is 0. The summed E-state index contributed by atoms with van der Waals surface area (Å²) in [6, 6.07) is 31.9. The standard InChI is InChI=1S/2C16H13.C2H6Si.2CH3.Hf/c2*1-12-6-2-3-9-14(12)16-11-5-8-13-7-4-10-15(13)16;1-3-2;;;/h2*2-11H,1H3;1-2H3;2*1H3;. The second-order valence-electron chi connectivity index (χ2n) is 12.5. The van der Waals surface area contributed by atoms with E-state index in [0.29, 0.717) is 7.35 Å². The van der Waals surface area contributed by atoms with Crippen molar-refractivity contribution in [2.75, 3.05) is 0 Å². The van der Waals surface area contributed by atoms with Gasteiger partial charge in [-0.3, -0.25) is 0 Å². The number of fused-ring (bicyclic) bond motifs is 2. The molecule has 0 nitrogen and oxygen atoms in total. The Kier molecular flexibility index (Phi) is 6.28. The molecule has 0 radical (unpaired) electrons. The molecule has 0 fully saturated rings. The third kappa shape index (κ3) is 3.71. The first kappa shape index (κ1) is 25.7. The van der Waals surface area contributed by atoms with E-state index >= 15 is 0 Å². The van der Waals surface area contributed by atoms with E-state index in [1.54, 1.807) is 11.1 Å². The minimum atomic E-state index is -3.66. The summed E-state index contributed by atoms with van der Waals surface area (Å²) in [6.07, 6.45) is 10.2. The van der Waals surface area contributed by atoms with Crippen LogP contribution in [0, 0.1) is 13.8 Å². The van der Waals surface area contributed by atoms with Crippen LogP contribution in [-0.2, 0) is 17.1 Å². The van der Waals surface area contributed by atoms with Gasteiger partial charge in [0.2, 0.25) is 0 Å². The van der Waals surface area contributed by atoms with Gasteiger partial charge in [-0.25, -0.2) is 0 Å². The van der Waals surface area contributed by atoms with Crippen molar-refractivity contribution >= 4 is 17.6 Å². The summed E-state index contributed by atoms with van der Waals surface area (Å²) >= 11 is -3.66. The van der Waals surface area contributed by atoms with Gasteiger partial charge >= 0.3 is 231 Å². The predicted octanol–water partition coefficient (Wildman–Crippen LogP) is 10.5. The van der Waals surface area contributed by atoms with Crippen LogP contribution in [0.2, 0.25) is 22.5 Å². The maximum atomic E-state index is 2.81. The van der Waals surface area contributed by atoms with E-state index < -0.39 is 22.6 Å². The molecule has 2 heteroatoms. The van der Waals surface area contributed by atoms with Crippen molar-refractivity contribution in [3.05, 3.63) is 130 Å². The van der Waals surface area contributed by atoms with Crippen molar-refractivity contribution in [1.29, 1.82) is 0 Å². The van der Waals surface area contributed by atoms with Gasteiger partial charge < -0.3 is 0 Å². The molecule has 4 aromatic rings. The van der Waals surface area contributed by atoms with E-state index in [1.165, 1.54) is 44.5 Å². The average molecular weight is 677 g/mol. The molecule has 0 heterocycles. The van der Waals surface area contributed by atoms with Gasteiger partial charge in [0.15, 0.2) is 0 Å². The van der Waals surface area contributed by atoms with E-state index in [0.717, 1.165) is 0 Å². The van der Waals surface area contributed by atoms with E-state index in [4.69, 9.17) is 0 Å². The second kappa shape index (κ2) is 9.28. The zero-order valence-corrected chi connectivity index (χ0v) is 28.1. The third-order valence-corrected chi connectivity index (χ3v) is 69.8. The first-order valence-corrected chi connectivity index (χ1v) is 33.2. The summed E-state index contributed by atoms with van der Waals surface area (Å²) in [5.74, 6) is 0. The molecule has 0 amide bonds. The molecule has 0 saturated carbocycles. The molecule has 2 atom stereocenters. The Bertz CT molecular complexity index is 1610. The molecule has 2 aliphatic rings. The molecule has 0 bridgehead atoms. The SMILES string of the molecule is Cc1ccccc1-c1cccc2c1C=C[CH]2[Hf]([CH3])([CH3])([CH]1C=Cc2c(-c3ccccc3C)cccc21)=[Si](C)C. The first-order valence-electron chi connectivity index (χ1n) is 14.0. The summed E-state index contributed by atoms with van der Waals surface area (Å²) < 4.78 is 6.75. The zero-order chi connectivity index (χ0) is 26.7. The third-order valence-electron chi connectivity index (χ3n) is 10.2. The molecule has 0 N–H and O–H groups in total. The van der Waals surface area contributed by atoms with Gasteiger partial charge in [-0.1, -0.05) is 0 Å². The van der Waals surface area contributed by atoms with Crippen LogP contribution in [0.4, 0.5) is 0 Å². The van der Waals surface area contributed by atoms with Crippen molar-refractivity contribution in [3.63, 3.8) is 0 Å². The Labute approximate surface area is 229 Å². The number of hydrogen-bond donors (Lipinski definition) is 0. The Hall–Kier alpha value is -2.55. The number of allylic oxidation sites excluding steroid dienone is 2. The second-order valence-corrected chi connectivity index (χ2v) is 61.4. The topological polar surface area (TPSA) is 0 Å². The van der Waals surface area contributed by atoms with Crippen LogP contribution in [-0.4, -0.2) is 5.49 Å². The van der Waals surface area contributed by atoms with Crippen LogP contribution >= 0.6 is 0 Å². The van der Waals surface area contributed by atoms with E-state index in [9.17, 15) is 0 Å². The van der Waals surface area contributed by atoms with E-state index in [2.05, 4.69) is 146 Å². The summed E-state index contributed by atoms with van der Waals surface area (Å²) in [6.45, 7) is 9.71. The molecule has 0 spiro atoms. The summed E-state index contributed by atoms with van der Waals surface area (Å²) in [5.41, 5.74) is 13.7. The van der Waals surface area contributed by atoms with Crippen molar-refractivity contribution in [2.24, 2.45) is 0 Å². The van der Waals surface area contributed by atoms with Gasteiger partial charge in [-0.15, -0.1) is 0 Å². The number of benzene rings is 4. The van der Waals surface area contributed by atoms with Gasteiger partial charge in [0.05, 0.1) is 0 Å². The van der Waals surface area contributed by atoms with Crippen molar-refractivity contribution < 1.29 is 17.1 Å². The monoisotopic (exact) mass is 678 g/mol. The zero-order valence-electron chi connectivity index (χ0n) is 23.5. The molecule has 38 heavy (non-hydrogen) atoms. The maximum absolute atomic E-state index is 3.66. The van der Waals surface area contributed by atoms with Crippen LogP contribution in [0.3, 0.4) is 0 Å². The molecule has 0 saturated heterocycles. The molecule has 2 aliphatic carbocycles. The summed E-state index contributed by atoms with van der Waals surface area (Å²) in [7, 11) is 0. The summed E-state index contributed by atoms with van der Waals surface area (Å²) in [5, 5.41) is 0. The Morgan fingerprint density at radius 1 is 0.526 bits per heavy atom. The molecule has 4 aromatic carbocycles. The van der Waals surface area contributed by atoms with Crippen molar-refractivity contribution in [1.82, 2.24) is 0 Å². The van der Waals surface area contributed by atoms with Gasteiger partial charge in [0.25, 0.3) is 0 Å². The minimum absolute atomic E-state index is 0.567. The summed E-state index contributed by atoms with van der Waals surface area (Å²) in [4.78, 5) is 0. The predicted molar refractivity (Wildman–Crippen MR) is 166 cm³/mol. The van der Waals surface area contributed by atoms with Gasteiger partial charge in [-0.2, -0.15) is 0 Å². The fourth-order valence-electron chi connectivity index (χ4n) is 7.26. The Morgan fingerprint density at radius 3 is 1.32 bits per heavy atom. The number of aryl methyl sites for hydroxylation is 2. The van der Waals surface area contributed by atoms with E-state index in [1.807, 2.05) is 0 Å². The van der Waals surface area contributed by atoms with Gasteiger partial charge in [0.1, 0.15) is 0 Å². The van der Waals surface area contributed by atoms with Crippen molar-refractivity contribution in [3.8, 4) is 22.3 Å². The fraction of sp³-hybridized carbons (Fsp3) is 0.222.